The van der Waals surface area contributed by atoms with Gasteiger partial charge in [-0.2, -0.15) is 0 Å². The van der Waals surface area contributed by atoms with E-state index in [0.29, 0.717) is 0 Å². The number of phenolic OH excluding ortho intramolecular Hbond substituents is 7. The number of fused-ring (bicyclic) bond motifs is 1. The van der Waals surface area contributed by atoms with E-state index < -0.39 is 170 Å². The number of rotatable bonds is 16. The molecule has 5 aromatic rings. The molecule has 0 amide bonds. The number of carbonyl (C=O) groups excluding carboxylic acids is 2. The Morgan fingerprint density at radius 2 is 0.987 bits per heavy atom. The fraction of sp³-hybridized carbons (Fsp3) is 0.353. The lowest BCUT2D eigenvalue weighted by molar-refractivity contribution is -0.358. The molecule has 27 heteroatoms. The summed E-state index contributed by atoms with van der Waals surface area (Å²) in [7, 11) is 0. The predicted octanol–water partition coefficient (Wildman–Crippen LogP) is -0.970. The van der Waals surface area contributed by atoms with E-state index in [-0.39, 0.29) is 39.2 Å². The number of hydrogen-bond donors (Lipinski definition) is 16. The molecule has 0 radical (unpaired) electrons. The molecule has 3 fully saturated rings. The van der Waals surface area contributed by atoms with Crippen LogP contribution in [0.15, 0.2) is 89.4 Å². The first-order chi connectivity index (χ1) is 37.1. The quantitative estimate of drug-likeness (QED) is 0.0245. The lowest BCUT2D eigenvalue weighted by Gasteiger charge is -2.45. The molecule has 0 bridgehead atoms. The molecule has 3 aliphatic heterocycles. The molecular formula is C51H53O27+. The third-order valence-electron chi connectivity index (χ3n) is 12.6. The maximum atomic E-state index is 12.9. The highest BCUT2D eigenvalue weighted by Crippen LogP contribution is 2.44. The van der Waals surface area contributed by atoms with Crippen LogP contribution in [0.2, 0.25) is 0 Å². The van der Waals surface area contributed by atoms with Crippen LogP contribution in [0.3, 0.4) is 0 Å². The molecule has 27 nitrogen and oxygen atoms in total. The van der Waals surface area contributed by atoms with Crippen LogP contribution >= 0.6 is 0 Å². The van der Waals surface area contributed by atoms with Crippen LogP contribution in [0.1, 0.15) is 11.1 Å². The molecule has 4 heterocycles. The summed E-state index contributed by atoms with van der Waals surface area (Å²) in [6.45, 7) is -2.48. The van der Waals surface area contributed by atoms with Crippen LogP contribution in [0.4, 0.5) is 0 Å². The van der Waals surface area contributed by atoms with Gasteiger partial charge in [-0.25, -0.2) is 14.0 Å². The fourth-order valence-electron chi connectivity index (χ4n) is 8.28. The Bertz CT molecular complexity index is 3020. The number of ether oxygens (including phenoxy) is 8. The van der Waals surface area contributed by atoms with Crippen molar-refractivity contribution in [2.45, 2.75) is 92.1 Å². The topological polar surface area (TPSA) is 443 Å². The highest BCUT2D eigenvalue weighted by atomic mass is 16.8. The van der Waals surface area contributed by atoms with Crippen molar-refractivity contribution >= 4 is 35.1 Å². The van der Waals surface area contributed by atoms with E-state index in [2.05, 4.69) is 0 Å². The van der Waals surface area contributed by atoms with E-state index >= 15 is 0 Å². The van der Waals surface area contributed by atoms with Crippen molar-refractivity contribution in [3.63, 3.8) is 0 Å². The lowest BCUT2D eigenvalue weighted by atomic mass is 9.97. The summed E-state index contributed by atoms with van der Waals surface area (Å²) < 4.78 is 52.3. The SMILES string of the molecule is O=C(/C=C/c1ccc(O)c(O)c1)OC[C@H]1O[C@@H](O[C@H]2[C@H](Oc3cc4c(O[C@@H]5O[C@H](CO)[C@@H](O)[C@H](O)[C@H]5O)cc(O)cc4[o+]c3-c3ccc(O)c(O)c3)O[C@H](COC(=O)/C=C/c3ccc(O)c(O)c3)[C@@H](O)[C@@H]2O)[C@H](O)[C@@H](O)[C@@H]1O. The van der Waals surface area contributed by atoms with Crippen molar-refractivity contribution < 1.29 is 134 Å². The van der Waals surface area contributed by atoms with E-state index in [0.717, 1.165) is 66.7 Å². The fourth-order valence-corrected chi connectivity index (χ4v) is 8.28. The van der Waals surface area contributed by atoms with Gasteiger partial charge in [0.2, 0.25) is 18.3 Å². The Morgan fingerprint density at radius 1 is 0.500 bits per heavy atom. The van der Waals surface area contributed by atoms with Gasteiger partial charge >= 0.3 is 23.3 Å². The zero-order chi connectivity index (χ0) is 56.3. The van der Waals surface area contributed by atoms with Crippen molar-refractivity contribution in [1.82, 2.24) is 0 Å². The number of esters is 2. The molecular weight excluding hydrogens is 1040 g/mol. The number of aliphatic hydroxyl groups excluding tert-OH is 9. The van der Waals surface area contributed by atoms with Gasteiger partial charge in [0.15, 0.2) is 46.9 Å². The van der Waals surface area contributed by atoms with Gasteiger partial charge in [-0.1, -0.05) is 12.1 Å². The smallest absolute Gasteiger partial charge is 0.402 e. The number of hydrogen-bond acceptors (Lipinski definition) is 26. The van der Waals surface area contributed by atoms with Gasteiger partial charge in [0.25, 0.3) is 0 Å². The molecule has 0 saturated carbocycles. The van der Waals surface area contributed by atoms with E-state index in [9.17, 15) is 91.3 Å². The van der Waals surface area contributed by atoms with Crippen LogP contribution in [0.5, 0.6) is 51.7 Å². The Labute approximate surface area is 438 Å². The lowest BCUT2D eigenvalue weighted by Crippen LogP contribution is -2.65. The second-order valence-corrected chi connectivity index (χ2v) is 18.0. The minimum atomic E-state index is -2.19. The monoisotopic (exact) mass is 1100 g/mol. The number of aliphatic hydroxyl groups is 9. The van der Waals surface area contributed by atoms with E-state index in [1.807, 2.05) is 0 Å². The molecule has 1 aromatic heterocycles. The van der Waals surface area contributed by atoms with Gasteiger partial charge < -0.3 is 120 Å². The third-order valence-corrected chi connectivity index (χ3v) is 12.6. The van der Waals surface area contributed by atoms with Crippen LogP contribution in [0, 0.1) is 0 Å². The maximum Gasteiger partial charge on any atom is 0.402 e. The molecule has 4 aromatic carbocycles. The van der Waals surface area contributed by atoms with E-state index in [1.165, 1.54) is 30.4 Å². The van der Waals surface area contributed by atoms with Crippen molar-refractivity contribution in [3.8, 4) is 63.1 Å². The highest BCUT2D eigenvalue weighted by molar-refractivity contribution is 5.89. The van der Waals surface area contributed by atoms with Crippen molar-refractivity contribution in [2.75, 3.05) is 19.8 Å². The highest BCUT2D eigenvalue weighted by Gasteiger charge is 2.53. The summed E-state index contributed by atoms with van der Waals surface area (Å²) in [4.78, 5) is 25.7. The molecule has 8 rings (SSSR count). The minimum absolute atomic E-state index is 0.0633. The zero-order valence-corrected chi connectivity index (χ0v) is 40.2. The number of carbonyl (C=O) groups is 2. The number of phenols is 7. The van der Waals surface area contributed by atoms with Crippen molar-refractivity contribution in [1.29, 1.82) is 0 Å². The number of aromatic hydroxyl groups is 7. The first kappa shape index (κ1) is 56.6. The minimum Gasteiger partial charge on any atom is -0.507 e. The second kappa shape index (κ2) is 24.0. The van der Waals surface area contributed by atoms with Crippen molar-refractivity contribution in [2.24, 2.45) is 0 Å². The zero-order valence-electron chi connectivity index (χ0n) is 40.2. The molecule has 3 saturated heterocycles. The van der Waals surface area contributed by atoms with Gasteiger partial charge in [-0.05, 0) is 59.7 Å². The first-order valence-corrected chi connectivity index (χ1v) is 23.5. The van der Waals surface area contributed by atoms with Crippen LogP contribution < -0.4 is 9.47 Å². The van der Waals surface area contributed by atoms with Gasteiger partial charge in [0.05, 0.1) is 18.2 Å². The molecule has 15 atom stereocenters. The largest absolute Gasteiger partial charge is 0.507 e. The standard InChI is InChI=1S/C51H52O27/c52-17-34-39(62)42(65)45(68)49(75-34)73-32-15-23(53)14-31-24(32)16-33(47(72-31)22-5-8-27(56)30(59)13-22)74-51-48(44(67)41(64)36(77-51)19-71-38(61)10-4-21-2-7-26(55)29(58)12-21)78-50-46(69)43(66)40(63)35(76-50)18-70-37(60)9-3-20-1-6-25(54)28(57)11-20/h1-16,34-36,39-46,48-52,62-69H,17-19H2,(H6-,53,54,55,56,57,58,59,60,61)/p+1/t34-,35-,36-,39-,40-,41-,42+,43+,44+,45-,46-,48-,49-,50+,51-/m1/s1. The summed E-state index contributed by atoms with van der Waals surface area (Å²) in [6, 6.07) is 13.9. The predicted molar refractivity (Wildman–Crippen MR) is 258 cm³/mol. The molecule has 0 unspecified atom stereocenters. The average molecular weight is 1100 g/mol. The Kier molecular flexibility index (Phi) is 17.4. The van der Waals surface area contributed by atoms with Gasteiger partial charge in [0.1, 0.15) is 97.2 Å². The molecule has 418 valence electrons. The molecule has 0 aliphatic carbocycles. The van der Waals surface area contributed by atoms with Gasteiger partial charge in [0, 0.05) is 30.4 Å². The Balaban J connectivity index is 1.13. The van der Waals surface area contributed by atoms with Crippen LogP contribution in [0.25, 0.3) is 34.4 Å². The third kappa shape index (κ3) is 12.5. The summed E-state index contributed by atoms with van der Waals surface area (Å²) in [5.41, 5.74) is 0.231. The van der Waals surface area contributed by atoms with Gasteiger partial charge in [-0.3, -0.25) is 0 Å². The average Bonchev–Trinajstić information content (AvgIpc) is 3.48. The number of benzene rings is 4. The molecule has 0 spiro atoms. The second-order valence-electron chi connectivity index (χ2n) is 18.0. The summed E-state index contributed by atoms with van der Waals surface area (Å²) in [5, 5.41) is 168. The van der Waals surface area contributed by atoms with Crippen LogP contribution in [-0.2, 0) is 38.0 Å². The molecule has 78 heavy (non-hydrogen) atoms. The first-order valence-electron chi connectivity index (χ1n) is 23.5. The van der Waals surface area contributed by atoms with E-state index in [4.69, 9.17) is 42.3 Å². The van der Waals surface area contributed by atoms with Crippen molar-refractivity contribution in [3.05, 3.63) is 96.1 Å². The molecule has 3 aliphatic rings. The normalized spacial score (nSPS) is 29.4. The van der Waals surface area contributed by atoms with E-state index in [1.54, 1.807) is 0 Å². The summed E-state index contributed by atoms with van der Waals surface area (Å²) in [6.07, 6.45) is -24.8. The summed E-state index contributed by atoms with van der Waals surface area (Å²) >= 11 is 0. The maximum absolute atomic E-state index is 12.9. The Morgan fingerprint density at radius 3 is 1.54 bits per heavy atom. The van der Waals surface area contributed by atoms with Gasteiger partial charge in [-0.15, -0.1) is 0 Å². The van der Waals surface area contributed by atoms with Crippen LogP contribution in [-0.4, -0.2) is 206 Å². The summed E-state index contributed by atoms with van der Waals surface area (Å²) in [5.74, 6) is -6.86. The molecule has 16 N–H and O–H groups in total. The Hall–Kier alpha value is -7.61.